The molecule has 2 aromatic rings. The molecule has 1 fully saturated rings. The van der Waals surface area contributed by atoms with E-state index in [-0.39, 0.29) is 10.8 Å². The molecule has 0 spiro atoms. The number of aromatic hydroxyl groups is 1. The highest BCUT2D eigenvalue weighted by Crippen LogP contribution is 2.49. The molecule has 0 unspecified atom stereocenters. The monoisotopic (exact) mass is 452 g/mol. The average Bonchev–Trinajstić information content (AvgIpc) is 2.94. The highest BCUT2D eigenvalue weighted by Gasteiger charge is 2.28. The molecule has 0 bridgehead atoms. The molecular formula is C23H32OS4. The first-order valence-electron chi connectivity index (χ1n) is 10.2. The van der Waals surface area contributed by atoms with Crippen LogP contribution in [0.5, 0.6) is 5.75 Å². The molecule has 28 heavy (non-hydrogen) atoms. The Bertz CT molecular complexity index is 887. The summed E-state index contributed by atoms with van der Waals surface area (Å²) in [6.07, 6.45) is 6.62. The minimum atomic E-state index is -0.127. The van der Waals surface area contributed by atoms with Crippen LogP contribution in [0.25, 0.3) is 11.1 Å². The second-order valence-corrected chi connectivity index (χ2v) is 14.3. The van der Waals surface area contributed by atoms with Crippen LogP contribution in [0.15, 0.2) is 16.3 Å². The Kier molecular flexibility index (Phi) is 6.70. The summed E-state index contributed by atoms with van der Waals surface area (Å²) in [5.41, 5.74) is 4.17. The number of phenolic OH excluding ortho intramolecular Hbond substituents is 1. The molecule has 1 heterocycles. The third-order valence-electron chi connectivity index (χ3n) is 5.48. The van der Waals surface area contributed by atoms with Gasteiger partial charge in [0.2, 0.25) is 0 Å². The summed E-state index contributed by atoms with van der Waals surface area (Å²) in [4.78, 5) is 0. The van der Waals surface area contributed by atoms with E-state index in [0.717, 1.165) is 20.5 Å². The van der Waals surface area contributed by atoms with E-state index in [1.54, 1.807) is 20.7 Å². The molecule has 0 radical (unpaired) electrons. The van der Waals surface area contributed by atoms with E-state index >= 15 is 0 Å². The third kappa shape index (κ3) is 4.85. The number of thioether (sulfide) groups is 1. The van der Waals surface area contributed by atoms with Gasteiger partial charge in [-0.25, -0.2) is 0 Å². The van der Waals surface area contributed by atoms with Gasteiger partial charge in [-0.3, -0.25) is 0 Å². The van der Waals surface area contributed by atoms with Gasteiger partial charge in [-0.15, -0.1) is 11.8 Å². The van der Waals surface area contributed by atoms with E-state index in [2.05, 4.69) is 53.7 Å². The number of hydrogen-bond acceptors (Lipinski definition) is 5. The number of phenols is 1. The summed E-state index contributed by atoms with van der Waals surface area (Å²) in [6, 6.07) is 4.37. The Morgan fingerprint density at radius 3 is 2.18 bits per heavy atom. The van der Waals surface area contributed by atoms with Gasteiger partial charge in [0.05, 0.1) is 4.21 Å². The largest absolute Gasteiger partial charge is 0.507 e. The van der Waals surface area contributed by atoms with Crippen LogP contribution in [-0.4, -0.2) is 10.4 Å². The van der Waals surface area contributed by atoms with E-state index in [9.17, 15) is 5.11 Å². The first-order valence-corrected chi connectivity index (χ1v) is 13.6. The van der Waals surface area contributed by atoms with E-state index in [0.29, 0.717) is 11.0 Å². The zero-order chi connectivity index (χ0) is 20.7. The maximum Gasteiger partial charge on any atom is 0.127 e. The highest BCUT2D eigenvalue weighted by atomic mass is 32.9. The second-order valence-electron chi connectivity index (χ2n) is 9.91. The van der Waals surface area contributed by atoms with Crippen LogP contribution in [0.4, 0.5) is 0 Å². The van der Waals surface area contributed by atoms with Gasteiger partial charge in [0.15, 0.2) is 0 Å². The molecule has 1 N–H and O–H groups in total. The summed E-state index contributed by atoms with van der Waals surface area (Å²) in [5.74, 6) is 0.405. The summed E-state index contributed by atoms with van der Waals surface area (Å²) >= 11 is 7.75. The zero-order valence-corrected chi connectivity index (χ0v) is 21.1. The van der Waals surface area contributed by atoms with Gasteiger partial charge in [-0.1, -0.05) is 99.8 Å². The van der Waals surface area contributed by atoms with Crippen molar-refractivity contribution in [3.8, 4) is 16.9 Å². The molecule has 1 aliphatic rings. The molecule has 154 valence electrons. The molecular weight excluding hydrogens is 421 g/mol. The molecule has 0 amide bonds. The highest BCUT2D eigenvalue weighted by molar-refractivity contribution is 8.03. The summed E-state index contributed by atoms with van der Waals surface area (Å²) < 4.78 is 2.20. The van der Waals surface area contributed by atoms with E-state index in [4.69, 9.17) is 12.2 Å². The van der Waals surface area contributed by atoms with Crippen molar-refractivity contribution in [1.82, 2.24) is 0 Å². The molecule has 5 heteroatoms. The summed E-state index contributed by atoms with van der Waals surface area (Å²) in [6.45, 7) is 13.2. The van der Waals surface area contributed by atoms with Crippen LogP contribution in [0.3, 0.4) is 0 Å². The maximum atomic E-state index is 11.3. The predicted molar refractivity (Wildman–Crippen MR) is 130 cm³/mol. The Balaban J connectivity index is 2.15. The lowest BCUT2D eigenvalue weighted by Gasteiger charge is -2.28. The van der Waals surface area contributed by atoms with Crippen molar-refractivity contribution in [1.29, 1.82) is 0 Å². The average molecular weight is 453 g/mol. The van der Waals surface area contributed by atoms with Gasteiger partial charge in [0, 0.05) is 21.9 Å². The fourth-order valence-electron chi connectivity index (χ4n) is 3.70. The van der Waals surface area contributed by atoms with Crippen molar-refractivity contribution in [2.45, 2.75) is 93.9 Å². The number of benzene rings is 1. The molecule has 0 atom stereocenters. The van der Waals surface area contributed by atoms with Crippen LogP contribution >= 0.6 is 44.7 Å². The quantitative estimate of drug-likeness (QED) is 0.371. The fraction of sp³-hybridized carbons (Fsp3) is 0.609. The standard InChI is InChI=1S/C23H32OS4/c1-22(2,3)14-12-16(19(24)17(13-14)23(4,5)6)18-20(25)27-28-21(18)26-15-10-8-7-9-11-15/h12-13,15,24H,7-11H2,1-6H3. The van der Waals surface area contributed by atoms with Crippen molar-refractivity contribution in [2.75, 3.05) is 0 Å². The topological polar surface area (TPSA) is 20.2 Å². The first kappa shape index (κ1) is 22.3. The minimum absolute atomic E-state index is 0.0141. The molecule has 0 aliphatic heterocycles. The van der Waals surface area contributed by atoms with Crippen molar-refractivity contribution >= 4 is 44.7 Å². The molecule has 1 nitrogen and oxygen atoms in total. The van der Waals surface area contributed by atoms with Gasteiger partial charge in [0.25, 0.3) is 0 Å². The van der Waals surface area contributed by atoms with Crippen molar-refractivity contribution in [2.24, 2.45) is 0 Å². The minimum Gasteiger partial charge on any atom is -0.507 e. The fourth-order valence-corrected chi connectivity index (χ4v) is 8.60. The van der Waals surface area contributed by atoms with Crippen LogP contribution < -0.4 is 0 Å². The van der Waals surface area contributed by atoms with Gasteiger partial charge in [-0.2, -0.15) is 0 Å². The van der Waals surface area contributed by atoms with Crippen LogP contribution in [0.1, 0.15) is 84.8 Å². The van der Waals surface area contributed by atoms with E-state index < -0.39 is 0 Å². The normalized spacial score (nSPS) is 16.5. The lowest BCUT2D eigenvalue weighted by atomic mass is 9.78. The molecule has 1 aromatic heterocycles. The van der Waals surface area contributed by atoms with Crippen molar-refractivity contribution in [3.63, 3.8) is 0 Å². The van der Waals surface area contributed by atoms with Crippen LogP contribution in [0, 0.1) is 3.82 Å². The Hall–Kier alpha value is -0.360. The Morgan fingerprint density at radius 1 is 0.964 bits per heavy atom. The predicted octanol–water partition coefficient (Wildman–Crippen LogP) is 8.93. The number of rotatable bonds is 3. The van der Waals surface area contributed by atoms with Gasteiger partial charge < -0.3 is 5.11 Å². The lowest BCUT2D eigenvalue weighted by Crippen LogP contribution is -2.17. The molecule has 3 rings (SSSR count). The first-order chi connectivity index (χ1) is 13.0. The van der Waals surface area contributed by atoms with Crippen molar-refractivity contribution in [3.05, 3.63) is 27.1 Å². The summed E-state index contributed by atoms with van der Waals surface area (Å²) in [5, 5.41) is 12.0. The third-order valence-corrected chi connectivity index (χ3v) is 10.4. The maximum absolute atomic E-state index is 11.3. The van der Waals surface area contributed by atoms with E-state index in [1.807, 2.05) is 11.8 Å². The molecule has 1 aromatic carbocycles. The zero-order valence-electron chi connectivity index (χ0n) is 17.8. The van der Waals surface area contributed by atoms with Gasteiger partial charge >= 0.3 is 0 Å². The van der Waals surface area contributed by atoms with Crippen LogP contribution in [-0.2, 0) is 10.8 Å². The van der Waals surface area contributed by atoms with Crippen LogP contribution in [0.2, 0.25) is 0 Å². The molecule has 1 aliphatic carbocycles. The summed E-state index contributed by atoms with van der Waals surface area (Å²) in [7, 11) is 3.46. The molecule has 1 saturated carbocycles. The smallest absolute Gasteiger partial charge is 0.127 e. The van der Waals surface area contributed by atoms with Gasteiger partial charge in [0.1, 0.15) is 9.57 Å². The number of hydrogen-bond donors (Lipinski definition) is 1. The molecule has 0 saturated heterocycles. The lowest BCUT2D eigenvalue weighted by molar-refractivity contribution is 0.446. The van der Waals surface area contributed by atoms with E-state index in [1.165, 1.54) is 41.9 Å². The SMILES string of the molecule is CC(C)(C)c1cc(-c2c(SC3CCCCC3)ssc2=S)c(O)c(C(C)(C)C)c1. The Labute approximate surface area is 187 Å². The van der Waals surface area contributed by atoms with Crippen molar-refractivity contribution < 1.29 is 5.11 Å². The second kappa shape index (κ2) is 8.41. The Morgan fingerprint density at radius 2 is 1.61 bits per heavy atom. The van der Waals surface area contributed by atoms with Gasteiger partial charge in [-0.05, 0) is 35.3 Å².